The van der Waals surface area contributed by atoms with Crippen molar-refractivity contribution in [2.45, 2.75) is 13.3 Å². The Balaban J connectivity index is 2.01. The number of nitrogens with one attached hydrogen (secondary N) is 1. The Hall–Kier alpha value is -2.70. The molecule has 0 saturated carbocycles. The van der Waals surface area contributed by atoms with Gasteiger partial charge in [-0.05, 0) is 18.1 Å². The molecule has 0 bridgehead atoms. The van der Waals surface area contributed by atoms with Gasteiger partial charge in [-0.25, -0.2) is 0 Å². The molecule has 96 valence electrons. The molecule has 3 heterocycles. The van der Waals surface area contributed by atoms with Gasteiger partial charge in [-0.1, -0.05) is 18.1 Å². The lowest BCUT2D eigenvalue weighted by atomic mass is 10.1. The number of aromatic nitrogens is 5. The molecule has 3 aromatic rings. The van der Waals surface area contributed by atoms with Gasteiger partial charge in [-0.15, -0.1) is 0 Å². The Kier molecular flexibility index (Phi) is 2.71. The van der Waals surface area contributed by atoms with E-state index in [4.69, 9.17) is 10.3 Å². The van der Waals surface area contributed by atoms with E-state index in [2.05, 4.69) is 32.2 Å². The summed E-state index contributed by atoms with van der Waals surface area (Å²) in [7, 11) is 0. The first-order valence-corrected chi connectivity index (χ1v) is 5.87. The maximum absolute atomic E-state index is 5.53. The lowest BCUT2D eigenvalue weighted by molar-refractivity contribution is 0.430. The highest BCUT2D eigenvalue weighted by atomic mass is 16.5. The first kappa shape index (κ1) is 11.4. The zero-order valence-electron chi connectivity index (χ0n) is 10.3. The van der Waals surface area contributed by atoms with E-state index < -0.39 is 0 Å². The Morgan fingerprint density at radius 3 is 3.05 bits per heavy atom. The van der Waals surface area contributed by atoms with Gasteiger partial charge in [-0.3, -0.25) is 10.1 Å². The van der Waals surface area contributed by atoms with Crippen LogP contribution in [0.5, 0.6) is 0 Å². The molecular formula is C12H12N6O. The standard InChI is InChI=1S/C12H12N6O/c1-2-7-4-3-5-14-10(7)11-15-12(19-18-11)8-6-9(13)17-16-8/h3-6H,2H2,1H3,(H3,13,16,17). The summed E-state index contributed by atoms with van der Waals surface area (Å²) in [6.07, 6.45) is 2.56. The number of pyridine rings is 1. The molecule has 0 aromatic carbocycles. The fourth-order valence-corrected chi connectivity index (χ4v) is 1.80. The second-order valence-corrected chi connectivity index (χ2v) is 3.99. The molecule has 7 nitrogen and oxygen atoms in total. The first-order valence-electron chi connectivity index (χ1n) is 5.87. The molecule has 0 unspecified atom stereocenters. The van der Waals surface area contributed by atoms with Gasteiger partial charge in [0, 0.05) is 12.3 Å². The lowest BCUT2D eigenvalue weighted by Crippen LogP contribution is -1.92. The van der Waals surface area contributed by atoms with Crippen LogP contribution in [0.15, 0.2) is 28.9 Å². The van der Waals surface area contributed by atoms with E-state index in [0.29, 0.717) is 23.2 Å². The predicted molar refractivity (Wildman–Crippen MR) is 68.9 cm³/mol. The van der Waals surface area contributed by atoms with E-state index in [9.17, 15) is 0 Å². The molecule has 0 aliphatic carbocycles. The number of nitrogens with zero attached hydrogens (tertiary/aromatic N) is 4. The average molecular weight is 256 g/mol. The summed E-state index contributed by atoms with van der Waals surface area (Å²) in [6, 6.07) is 5.52. The van der Waals surface area contributed by atoms with Crippen molar-refractivity contribution in [2.24, 2.45) is 0 Å². The number of rotatable bonds is 3. The van der Waals surface area contributed by atoms with Crippen LogP contribution in [0.1, 0.15) is 12.5 Å². The van der Waals surface area contributed by atoms with Gasteiger partial charge in [0.2, 0.25) is 5.82 Å². The normalized spacial score (nSPS) is 10.8. The molecule has 0 atom stereocenters. The number of aromatic amines is 1. The summed E-state index contributed by atoms with van der Waals surface area (Å²) in [5.41, 5.74) is 7.92. The van der Waals surface area contributed by atoms with Crippen molar-refractivity contribution in [1.29, 1.82) is 0 Å². The maximum Gasteiger partial charge on any atom is 0.276 e. The fourth-order valence-electron chi connectivity index (χ4n) is 1.80. The second kappa shape index (κ2) is 4.52. The van der Waals surface area contributed by atoms with Gasteiger partial charge < -0.3 is 10.3 Å². The van der Waals surface area contributed by atoms with Crippen LogP contribution in [0.4, 0.5) is 5.82 Å². The Morgan fingerprint density at radius 2 is 2.32 bits per heavy atom. The van der Waals surface area contributed by atoms with E-state index >= 15 is 0 Å². The van der Waals surface area contributed by atoms with E-state index in [1.165, 1.54) is 0 Å². The number of aryl methyl sites for hydroxylation is 1. The number of H-pyrrole nitrogens is 1. The molecule has 0 saturated heterocycles. The summed E-state index contributed by atoms with van der Waals surface area (Å²) in [4.78, 5) is 8.60. The molecule has 3 N–H and O–H groups in total. The van der Waals surface area contributed by atoms with Crippen LogP contribution in [-0.4, -0.2) is 25.3 Å². The molecule has 0 aliphatic rings. The van der Waals surface area contributed by atoms with Crippen LogP contribution >= 0.6 is 0 Å². The van der Waals surface area contributed by atoms with Crippen molar-refractivity contribution in [2.75, 3.05) is 5.73 Å². The summed E-state index contributed by atoms with van der Waals surface area (Å²) in [5, 5.41) is 10.5. The molecule has 0 fully saturated rings. The highest BCUT2D eigenvalue weighted by Gasteiger charge is 2.15. The number of hydrogen-bond donors (Lipinski definition) is 2. The Bertz CT molecular complexity index is 702. The van der Waals surface area contributed by atoms with Gasteiger partial charge >= 0.3 is 0 Å². The van der Waals surface area contributed by atoms with E-state index in [1.807, 2.05) is 12.1 Å². The van der Waals surface area contributed by atoms with Gasteiger partial charge in [0.05, 0.1) is 0 Å². The zero-order valence-corrected chi connectivity index (χ0v) is 10.3. The summed E-state index contributed by atoms with van der Waals surface area (Å²) >= 11 is 0. The minimum Gasteiger partial charge on any atom is -0.382 e. The molecular weight excluding hydrogens is 244 g/mol. The summed E-state index contributed by atoms with van der Waals surface area (Å²) in [6.45, 7) is 2.05. The van der Waals surface area contributed by atoms with Crippen molar-refractivity contribution in [1.82, 2.24) is 25.3 Å². The Morgan fingerprint density at radius 1 is 1.42 bits per heavy atom. The van der Waals surface area contributed by atoms with Gasteiger partial charge in [0.25, 0.3) is 5.89 Å². The van der Waals surface area contributed by atoms with Crippen molar-refractivity contribution in [3.05, 3.63) is 30.0 Å². The van der Waals surface area contributed by atoms with Crippen LogP contribution in [0, 0.1) is 0 Å². The third-order valence-corrected chi connectivity index (χ3v) is 2.74. The molecule has 0 amide bonds. The number of nitrogen functional groups attached to an aromatic ring is 1. The topological polar surface area (TPSA) is 107 Å². The van der Waals surface area contributed by atoms with Crippen molar-refractivity contribution < 1.29 is 4.52 Å². The van der Waals surface area contributed by atoms with Crippen molar-refractivity contribution >= 4 is 5.82 Å². The maximum atomic E-state index is 5.53. The van der Waals surface area contributed by atoms with E-state index in [0.717, 1.165) is 17.7 Å². The number of anilines is 1. The summed E-state index contributed by atoms with van der Waals surface area (Å²) < 4.78 is 5.19. The van der Waals surface area contributed by atoms with Crippen LogP contribution in [0.3, 0.4) is 0 Å². The molecule has 0 aliphatic heterocycles. The van der Waals surface area contributed by atoms with Gasteiger partial charge in [-0.2, -0.15) is 10.1 Å². The lowest BCUT2D eigenvalue weighted by Gasteiger charge is -2.00. The van der Waals surface area contributed by atoms with Gasteiger partial charge in [0.15, 0.2) is 0 Å². The third-order valence-electron chi connectivity index (χ3n) is 2.74. The highest BCUT2D eigenvalue weighted by Crippen LogP contribution is 2.22. The molecule has 3 aromatic heterocycles. The number of nitrogens with two attached hydrogens (primary N) is 1. The highest BCUT2D eigenvalue weighted by molar-refractivity contribution is 5.58. The fraction of sp³-hybridized carbons (Fsp3) is 0.167. The molecule has 0 spiro atoms. The third kappa shape index (κ3) is 2.05. The predicted octanol–water partition coefficient (Wildman–Crippen LogP) is 1.67. The van der Waals surface area contributed by atoms with E-state index in [1.54, 1.807) is 12.3 Å². The van der Waals surface area contributed by atoms with Crippen LogP contribution in [-0.2, 0) is 6.42 Å². The van der Waals surface area contributed by atoms with Crippen LogP contribution < -0.4 is 5.73 Å². The zero-order chi connectivity index (χ0) is 13.2. The van der Waals surface area contributed by atoms with Gasteiger partial charge in [0.1, 0.15) is 17.2 Å². The molecule has 19 heavy (non-hydrogen) atoms. The molecule has 3 rings (SSSR count). The van der Waals surface area contributed by atoms with Crippen molar-refractivity contribution in [3.8, 4) is 23.1 Å². The first-order chi connectivity index (χ1) is 9.28. The smallest absolute Gasteiger partial charge is 0.276 e. The minimum absolute atomic E-state index is 0.340. The monoisotopic (exact) mass is 256 g/mol. The van der Waals surface area contributed by atoms with Crippen LogP contribution in [0.25, 0.3) is 23.1 Å². The summed E-state index contributed by atoms with van der Waals surface area (Å²) in [5.74, 6) is 1.18. The second-order valence-electron chi connectivity index (χ2n) is 3.99. The van der Waals surface area contributed by atoms with Crippen molar-refractivity contribution in [3.63, 3.8) is 0 Å². The minimum atomic E-state index is 0.340. The average Bonchev–Trinajstić information content (AvgIpc) is 3.07. The SMILES string of the molecule is CCc1cccnc1-c1noc(-c2cc(N)n[nH]2)n1. The number of hydrogen-bond acceptors (Lipinski definition) is 6. The quantitative estimate of drug-likeness (QED) is 0.738. The molecule has 0 radical (unpaired) electrons. The van der Waals surface area contributed by atoms with E-state index in [-0.39, 0.29) is 0 Å². The largest absolute Gasteiger partial charge is 0.382 e. The Labute approximate surface area is 108 Å². The molecule has 7 heteroatoms. The van der Waals surface area contributed by atoms with Crippen LogP contribution in [0.2, 0.25) is 0 Å².